The number of primary amides is 1. The Balaban J connectivity index is 2.28. The van der Waals surface area contributed by atoms with Crippen molar-refractivity contribution in [2.45, 2.75) is 31.7 Å². The van der Waals surface area contributed by atoms with Gasteiger partial charge in [0.25, 0.3) is 0 Å². The summed E-state index contributed by atoms with van der Waals surface area (Å²) < 4.78 is 0. The maximum Gasteiger partial charge on any atom is 0.220 e. The molecule has 1 saturated heterocycles. The molecule has 90 valence electrons. The van der Waals surface area contributed by atoms with E-state index in [0.29, 0.717) is 6.42 Å². The number of carbonyl (C=O) groups excluding carboxylic acids is 1. The molecular formula is C11H20N4O. The Morgan fingerprint density at radius 2 is 2.12 bits per heavy atom. The Bertz CT molecular complexity index is 287. The van der Waals surface area contributed by atoms with Crippen LogP contribution in [0.2, 0.25) is 0 Å². The van der Waals surface area contributed by atoms with Gasteiger partial charge in [0.1, 0.15) is 5.54 Å². The number of nitrogens with zero attached hydrogens (tertiary/aromatic N) is 2. The fourth-order valence-electron chi connectivity index (χ4n) is 1.89. The second-order valence-corrected chi connectivity index (χ2v) is 4.80. The molecule has 1 heterocycles. The summed E-state index contributed by atoms with van der Waals surface area (Å²) >= 11 is 0. The first-order valence-electron chi connectivity index (χ1n) is 5.66. The zero-order valence-electron chi connectivity index (χ0n) is 9.78. The predicted molar refractivity (Wildman–Crippen MR) is 61.2 cm³/mol. The molecule has 1 fully saturated rings. The third-order valence-electron chi connectivity index (χ3n) is 3.19. The highest BCUT2D eigenvalue weighted by atomic mass is 16.1. The van der Waals surface area contributed by atoms with Crippen molar-refractivity contribution >= 4 is 5.91 Å². The molecule has 0 spiro atoms. The van der Waals surface area contributed by atoms with Crippen LogP contribution in [0.5, 0.6) is 0 Å². The Kier molecular flexibility index (Phi) is 4.27. The maximum absolute atomic E-state index is 11.0. The van der Waals surface area contributed by atoms with E-state index in [-0.39, 0.29) is 11.8 Å². The first kappa shape index (κ1) is 12.9. The number of rotatable bonds is 4. The second-order valence-electron chi connectivity index (χ2n) is 4.80. The number of hydrogen-bond acceptors (Lipinski definition) is 4. The fourth-order valence-corrected chi connectivity index (χ4v) is 1.89. The molecule has 4 N–H and O–H groups in total. The summed E-state index contributed by atoms with van der Waals surface area (Å²) in [6.07, 6.45) is 2.30. The van der Waals surface area contributed by atoms with Gasteiger partial charge >= 0.3 is 0 Å². The lowest BCUT2D eigenvalue weighted by Crippen LogP contribution is -2.43. The van der Waals surface area contributed by atoms with Crippen LogP contribution in [0.25, 0.3) is 0 Å². The first-order chi connectivity index (χ1) is 7.44. The zero-order chi connectivity index (χ0) is 12.2. The van der Waals surface area contributed by atoms with Crippen molar-refractivity contribution in [2.75, 3.05) is 19.6 Å². The average molecular weight is 224 g/mol. The van der Waals surface area contributed by atoms with Gasteiger partial charge in [-0.2, -0.15) is 5.26 Å². The van der Waals surface area contributed by atoms with E-state index < -0.39 is 5.54 Å². The molecule has 0 aromatic rings. The number of likely N-dealkylation sites (tertiary alicyclic amines) is 1. The molecule has 1 unspecified atom stereocenters. The van der Waals surface area contributed by atoms with Crippen LogP contribution in [0, 0.1) is 17.2 Å². The molecule has 0 aliphatic carbocycles. The minimum absolute atomic E-state index is 0.0245. The van der Waals surface area contributed by atoms with Crippen LogP contribution in [0.4, 0.5) is 0 Å². The average Bonchev–Trinajstić information content (AvgIpc) is 2.27. The lowest BCUT2D eigenvalue weighted by Gasteiger charge is -2.31. The van der Waals surface area contributed by atoms with E-state index in [4.69, 9.17) is 16.7 Å². The van der Waals surface area contributed by atoms with Crippen molar-refractivity contribution in [1.82, 2.24) is 4.90 Å². The third-order valence-corrected chi connectivity index (χ3v) is 3.19. The molecular weight excluding hydrogens is 204 g/mol. The number of hydrogen-bond donors (Lipinski definition) is 2. The van der Waals surface area contributed by atoms with Crippen LogP contribution in [0.1, 0.15) is 26.2 Å². The van der Waals surface area contributed by atoms with E-state index >= 15 is 0 Å². The summed E-state index contributed by atoms with van der Waals surface area (Å²) in [5.41, 5.74) is 10.3. The maximum atomic E-state index is 11.0. The van der Waals surface area contributed by atoms with Gasteiger partial charge in [-0.05, 0) is 39.3 Å². The summed E-state index contributed by atoms with van der Waals surface area (Å²) in [7, 11) is 0. The highest BCUT2D eigenvalue weighted by molar-refractivity contribution is 5.76. The van der Waals surface area contributed by atoms with Crippen molar-refractivity contribution < 1.29 is 4.79 Å². The van der Waals surface area contributed by atoms with Gasteiger partial charge < -0.3 is 16.4 Å². The quantitative estimate of drug-likeness (QED) is 0.692. The number of nitriles is 1. The number of carbonyl (C=O) groups is 1. The summed E-state index contributed by atoms with van der Waals surface area (Å²) in [5.74, 6) is -0.170. The smallest absolute Gasteiger partial charge is 0.220 e. The van der Waals surface area contributed by atoms with E-state index in [1.165, 1.54) is 0 Å². The Hall–Kier alpha value is -1.12. The van der Waals surface area contributed by atoms with Gasteiger partial charge in [-0.25, -0.2) is 0 Å². The zero-order valence-corrected chi connectivity index (χ0v) is 9.78. The van der Waals surface area contributed by atoms with Crippen LogP contribution in [-0.4, -0.2) is 36.0 Å². The number of nitrogens with two attached hydrogens (primary N) is 2. The third kappa shape index (κ3) is 3.80. The Morgan fingerprint density at radius 3 is 2.56 bits per heavy atom. The minimum Gasteiger partial charge on any atom is -0.369 e. The van der Waals surface area contributed by atoms with Crippen LogP contribution in [0.15, 0.2) is 0 Å². The van der Waals surface area contributed by atoms with E-state index in [1.54, 1.807) is 6.92 Å². The summed E-state index contributed by atoms with van der Waals surface area (Å²) in [5, 5.41) is 8.78. The van der Waals surface area contributed by atoms with E-state index in [9.17, 15) is 4.79 Å². The van der Waals surface area contributed by atoms with Crippen molar-refractivity contribution in [3.63, 3.8) is 0 Å². The van der Waals surface area contributed by atoms with Crippen LogP contribution in [0.3, 0.4) is 0 Å². The van der Waals surface area contributed by atoms with Crippen LogP contribution < -0.4 is 11.5 Å². The summed E-state index contributed by atoms with van der Waals surface area (Å²) in [4.78, 5) is 13.2. The van der Waals surface area contributed by atoms with Crippen LogP contribution >= 0.6 is 0 Å². The standard InChI is InChI=1S/C11H20N4O/c1-11(14,8-12)4-7-15-5-2-9(3-6-15)10(13)16/h9H,2-7,14H2,1H3,(H2,13,16). The lowest BCUT2D eigenvalue weighted by atomic mass is 9.95. The molecule has 1 atom stereocenters. The molecule has 16 heavy (non-hydrogen) atoms. The van der Waals surface area contributed by atoms with Crippen molar-refractivity contribution in [3.05, 3.63) is 0 Å². The Labute approximate surface area is 96.4 Å². The molecule has 1 aliphatic rings. The molecule has 0 bridgehead atoms. The second kappa shape index (κ2) is 5.28. The first-order valence-corrected chi connectivity index (χ1v) is 5.66. The molecule has 0 aromatic heterocycles. The van der Waals surface area contributed by atoms with Crippen molar-refractivity contribution in [2.24, 2.45) is 17.4 Å². The van der Waals surface area contributed by atoms with Gasteiger partial charge in [0.15, 0.2) is 0 Å². The molecule has 0 radical (unpaired) electrons. The van der Waals surface area contributed by atoms with Gasteiger partial charge in [0.05, 0.1) is 6.07 Å². The topological polar surface area (TPSA) is 96.1 Å². The van der Waals surface area contributed by atoms with Gasteiger partial charge in [-0.15, -0.1) is 0 Å². The monoisotopic (exact) mass is 224 g/mol. The van der Waals surface area contributed by atoms with Gasteiger partial charge in [-0.1, -0.05) is 0 Å². The van der Waals surface area contributed by atoms with Crippen LogP contribution in [-0.2, 0) is 4.79 Å². The molecule has 1 amide bonds. The van der Waals surface area contributed by atoms with E-state index in [2.05, 4.69) is 11.0 Å². The molecule has 1 rings (SSSR count). The van der Waals surface area contributed by atoms with Gasteiger partial charge in [0, 0.05) is 12.5 Å². The number of amides is 1. The lowest BCUT2D eigenvalue weighted by molar-refractivity contribution is -0.123. The molecule has 0 saturated carbocycles. The van der Waals surface area contributed by atoms with E-state index in [0.717, 1.165) is 32.5 Å². The van der Waals surface area contributed by atoms with E-state index in [1.807, 2.05) is 0 Å². The predicted octanol–water partition coefficient (Wildman–Crippen LogP) is -0.185. The van der Waals surface area contributed by atoms with Crippen molar-refractivity contribution in [3.8, 4) is 6.07 Å². The minimum atomic E-state index is -0.749. The normalized spacial score (nSPS) is 22.3. The molecule has 1 aliphatic heterocycles. The molecule has 5 nitrogen and oxygen atoms in total. The number of piperidine rings is 1. The largest absolute Gasteiger partial charge is 0.369 e. The van der Waals surface area contributed by atoms with Crippen molar-refractivity contribution in [1.29, 1.82) is 5.26 Å². The highest BCUT2D eigenvalue weighted by Gasteiger charge is 2.25. The molecule has 5 heteroatoms. The fraction of sp³-hybridized carbons (Fsp3) is 0.818. The highest BCUT2D eigenvalue weighted by Crippen LogP contribution is 2.17. The van der Waals surface area contributed by atoms with Gasteiger partial charge in [0.2, 0.25) is 5.91 Å². The summed E-state index contributed by atoms with van der Waals surface area (Å²) in [6, 6.07) is 2.08. The SMILES string of the molecule is CC(N)(C#N)CCN1CCC(C(N)=O)CC1. The Morgan fingerprint density at radius 1 is 1.56 bits per heavy atom. The van der Waals surface area contributed by atoms with Gasteiger partial charge in [-0.3, -0.25) is 4.79 Å². The summed E-state index contributed by atoms with van der Waals surface area (Å²) in [6.45, 7) is 4.29. The molecule has 0 aromatic carbocycles.